The van der Waals surface area contributed by atoms with Gasteiger partial charge in [-0.05, 0) is 30.3 Å². The molecule has 6 heteroatoms. The molecule has 0 fully saturated rings. The van der Waals surface area contributed by atoms with Crippen molar-refractivity contribution < 1.29 is 8.42 Å². The predicted molar refractivity (Wildman–Crippen MR) is 83.2 cm³/mol. The van der Waals surface area contributed by atoms with Crippen LogP contribution in [0.1, 0.15) is 5.56 Å². The molecule has 0 saturated heterocycles. The Labute approximate surface area is 128 Å². The van der Waals surface area contributed by atoms with Gasteiger partial charge in [0.15, 0.2) is 9.84 Å². The second kappa shape index (κ2) is 6.61. The van der Waals surface area contributed by atoms with Gasteiger partial charge in [0.2, 0.25) is 0 Å². The van der Waals surface area contributed by atoms with Gasteiger partial charge < -0.3 is 5.32 Å². The van der Waals surface area contributed by atoms with E-state index in [1.165, 1.54) is 12.1 Å². The Morgan fingerprint density at radius 2 is 1.90 bits per heavy atom. The van der Waals surface area contributed by atoms with Gasteiger partial charge >= 0.3 is 0 Å². The van der Waals surface area contributed by atoms with Crippen molar-refractivity contribution in [1.82, 2.24) is 0 Å². The molecule has 1 N–H and O–H groups in total. The molecule has 108 valence electrons. The lowest BCUT2D eigenvalue weighted by molar-refractivity contribution is 0.596. The van der Waals surface area contributed by atoms with Crippen molar-refractivity contribution in [1.29, 1.82) is 5.26 Å². The molecule has 0 unspecified atom stereocenters. The van der Waals surface area contributed by atoms with Gasteiger partial charge in [0.25, 0.3) is 0 Å². The van der Waals surface area contributed by atoms with Crippen molar-refractivity contribution in [2.24, 2.45) is 0 Å². The summed E-state index contributed by atoms with van der Waals surface area (Å²) in [6.07, 6.45) is 0. The summed E-state index contributed by atoms with van der Waals surface area (Å²) in [5.74, 6) is -0.0763. The molecule has 0 heterocycles. The Kier molecular flexibility index (Phi) is 4.84. The van der Waals surface area contributed by atoms with E-state index in [4.69, 9.17) is 16.9 Å². The number of hydrogen-bond acceptors (Lipinski definition) is 4. The highest BCUT2D eigenvalue weighted by atomic mass is 35.5. The second-order valence-corrected chi connectivity index (χ2v) is 6.88. The summed E-state index contributed by atoms with van der Waals surface area (Å²) >= 11 is 5.98. The van der Waals surface area contributed by atoms with Crippen molar-refractivity contribution in [3.8, 4) is 6.07 Å². The first kappa shape index (κ1) is 15.4. The molecule has 0 atom stereocenters. The highest BCUT2D eigenvalue weighted by Gasteiger charge is 2.14. The highest BCUT2D eigenvalue weighted by molar-refractivity contribution is 7.91. The van der Waals surface area contributed by atoms with E-state index in [1.54, 1.807) is 30.3 Å². The molecule has 0 aliphatic carbocycles. The molecule has 2 aromatic carbocycles. The minimum absolute atomic E-state index is 0.0763. The summed E-state index contributed by atoms with van der Waals surface area (Å²) in [4.78, 5) is 0.155. The molecular weight excluding hydrogens is 308 g/mol. The van der Waals surface area contributed by atoms with Crippen molar-refractivity contribution in [2.45, 2.75) is 4.90 Å². The quantitative estimate of drug-likeness (QED) is 0.919. The van der Waals surface area contributed by atoms with Gasteiger partial charge in [0.05, 0.1) is 33.0 Å². The highest BCUT2D eigenvalue weighted by Crippen LogP contribution is 2.20. The fourth-order valence-corrected chi connectivity index (χ4v) is 3.20. The zero-order chi connectivity index (χ0) is 15.3. The molecule has 0 saturated carbocycles. The third kappa shape index (κ3) is 3.97. The van der Waals surface area contributed by atoms with Gasteiger partial charge in [-0.25, -0.2) is 8.42 Å². The van der Waals surface area contributed by atoms with E-state index < -0.39 is 9.84 Å². The topological polar surface area (TPSA) is 70.0 Å². The minimum Gasteiger partial charge on any atom is -0.383 e. The van der Waals surface area contributed by atoms with Crippen LogP contribution in [0.4, 0.5) is 5.69 Å². The molecule has 2 aromatic rings. The number of rotatable bonds is 5. The minimum atomic E-state index is -3.43. The Bertz CT molecular complexity index is 782. The first-order valence-corrected chi connectivity index (χ1v) is 8.27. The molecule has 0 aliphatic rings. The zero-order valence-corrected chi connectivity index (χ0v) is 12.7. The third-order valence-corrected chi connectivity index (χ3v) is 4.93. The van der Waals surface area contributed by atoms with Crippen LogP contribution < -0.4 is 5.32 Å². The summed E-state index contributed by atoms with van der Waals surface area (Å²) in [5, 5.41) is 12.3. The number of halogens is 1. The molecule has 0 aliphatic heterocycles. The number of nitriles is 1. The number of nitrogens with zero attached hydrogens (tertiary/aromatic N) is 1. The van der Waals surface area contributed by atoms with Gasteiger partial charge in [-0.3, -0.25) is 0 Å². The number of nitrogens with one attached hydrogen (secondary N) is 1. The van der Waals surface area contributed by atoms with Crippen LogP contribution in [0.2, 0.25) is 5.02 Å². The monoisotopic (exact) mass is 320 g/mol. The second-order valence-electron chi connectivity index (χ2n) is 4.37. The fourth-order valence-electron chi connectivity index (χ4n) is 1.80. The van der Waals surface area contributed by atoms with Crippen LogP contribution in [0.5, 0.6) is 0 Å². The van der Waals surface area contributed by atoms with Crippen LogP contribution in [0.15, 0.2) is 53.4 Å². The van der Waals surface area contributed by atoms with E-state index in [1.807, 2.05) is 12.1 Å². The summed E-state index contributed by atoms with van der Waals surface area (Å²) in [6.45, 7) is 0.239. The number of anilines is 1. The predicted octanol–water partition coefficient (Wildman–Crippen LogP) is 3.10. The maximum atomic E-state index is 12.2. The molecular formula is C15H13ClN2O2S. The molecule has 0 spiro atoms. The average Bonchev–Trinajstić information content (AvgIpc) is 2.49. The van der Waals surface area contributed by atoms with Gasteiger partial charge in [-0.15, -0.1) is 0 Å². The number of para-hydroxylation sites is 1. The van der Waals surface area contributed by atoms with E-state index in [0.717, 1.165) is 0 Å². The summed E-state index contributed by atoms with van der Waals surface area (Å²) < 4.78 is 24.4. The standard InChI is InChI=1S/C15H13ClN2O2S/c16-14-6-1-2-7-15(14)18-8-9-21(19,20)13-5-3-4-12(10-13)11-17/h1-7,10,18H,8-9H2. The largest absolute Gasteiger partial charge is 0.383 e. The van der Waals surface area contributed by atoms with Crippen molar-refractivity contribution in [3.63, 3.8) is 0 Å². The summed E-state index contributed by atoms with van der Waals surface area (Å²) in [5.41, 5.74) is 1.02. The lowest BCUT2D eigenvalue weighted by Gasteiger charge is -2.09. The van der Waals surface area contributed by atoms with Gasteiger partial charge in [-0.1, -0.05) is 29.8 Å². The van der Waals surface area contributed by atoms with E-state index in [9.17, 15) is 8.42 Å². The molecule has 0 amide bonds. The maximum absolute atomic E-state index is 12.2. The van der Waals surface area contributed by atoms with Gasteiger partial charge in [0, 0.05) is 6.54 Å². The van der Waals surface area contributed by atoms with E-state index >= 15 is 0 Å². The first-order valence-electron chi connectivity index (χ1n) is 6.24. The van der Waals surface area contributed by atoms with Crippen LogP contribution in [-0.4, -0.2) is 20.7 Å². The molecule has 0 aromatic heterocycles. The normalized spacial score (nSPS) is 10.9. The Hall–Kier alpha value is -2.03. The van der Waals surface area contributed by atoms with Crippen LogP contribution in [0.3, 0.4) is 0 Å². The smallest absolute Gasteiger partial charge is 0.180 e. The van der Waals surface area contributed by atoms with Crippen LogP contribution in [0.25, 0.3) is 0 Å². The molecule has 21 heavy (non-hydrogen) atoms. The van der Waals surface area contributed by atoms with Crippen LogP contribution >= 0.6 is 11.6 Å². The van der Waals surface area contributed by atoms with E-state index in [2.05, 4.69) is 5.32 Å². The molecule has 4 nitrogen and oxygen atoms in total. The van der Waals surface area contributed by atoms with Gasteiger partial charge in [-0.2, -0.15) is 5.26 Å². The van der Waals surface area contributed by atoms with Crippen molar-refractivity contribution >= 4 is 27.1 Å². The molecule has 0 bridgehead atoms. The molecule has 0 radical (unpaired) electrons. The van der Waals surface area contributed by atoms with Crippen LogP contribution in [-0.2, 0) is 9.84 Å². The van der Waals surface area contributed by atoms with E-state index in [-0.39, 0.29) is 17.2 Å². The number of sulfone groups is 1. The first-order chi connectivity index (χ1) is 10.0. The Morgan fingerprint density at radius 1 is 1.14 bits per heavy atom. The fraction of sp³-hybridized carbons (Fsp3) is 0.133. The SMILES string of the molecule is N#Cc1cccc(S(=O)(=O)CCNc2ccccc2Cl)c1. The van der Waals surface area contributed by atoms with Gasteiger partial charge in [0.1, 0.15) is 0 Å². The van der Waals surface area contributed by atoms with E-state index in [0.29, 0.717) is 16.3 Å². The number of benzene rings is 2. The molecule has 2 rings (SSSR count). The maximum Gasteiger partial charge on any atom is 0.180 e. The van der Waals surface area contributed by atoms with Crippen molar-refractivity contribution in [2.75, 3.05) is 17.6 Å². The third-order valence-electron chi connectivity index (χ3n) is 2.88. The Balaban J connectivity index is 2.05. The summed E-state index contributed by atoms with van der Waals surface area (Å²) in [7, 11) is -3.43. The van der Waals surface area contributed by atoms with Crippen molar-refractivity contribution in [3.05, 3.63) is 59.1 Å². The zero-order valence-electron chi connectivity index (χ0n) is 11.1. The van der Waals surface area contributed by atoms with Crippen LogP contribution in [0, 0.1) is 11.3 Å². The average molecular weight is 321 g/mol. The number of hydrogen-bond donors (Lipinski definition) is 1. The lowest BCUT2D eigenvalue weighted by atomic mass is 10.2. The summed E-state index contributed by atoms with van der Waals surface area (Å²) in [6, 6.07) is 15.1. The lowest BCUT2D eigenvalue weighted by Crippen LogP contribution is -2.16. The Morgan fingerprint density at radius 3 is 2.62 bits per heavy atom.